The average Bonchev–Trinajstić information content (AvgIpc) is 2.46. The molecule has 0 saturated carbocycles. The van der Waals surface area contributed by atoms with E-state index < -0.39 is 0 Å². The fourth-order valence-electron chi connectivity index (χ4n) is 2.23. The molecule has 0 saturated heterocycles. The molecular weight excluding hydrogens is 240 g/mol. The summed E-state index contributed by atoms with van der Waals surface area (Å²) in [4.78, 5) is 0. The monoisotopic (exact) mass is 266 g/mol. The summed E-state index contributed by atoms with van der Waals surface area (Å²) in [5.41, 5.74) is 1.14. The van der Waals surface area contributed by atoms with Gasteiger partial charge >= 0.3 is 0 Å². The van der Waals surface area contributed by atoms with E-state index in [0.717, 1.165) is 29.2 Å². The second-order valence-electron chi connectivity index (χ2n) is 4.67. The van der Waals surface area contributed by atoms with E-state index in [4.69, 9.17) is 14.2 Å². The second kappa shape index (κ2) is 8.68. The van der Waals surface area contributed by atoms with Crippen LogP contribution in [0.4, 0.5) is 0 Å². The third-order valence-corrected chi connectivity index (χ3v) is 3.35. The van der Waals surface area contributed by atoms with Crippen molar-refractivity contribution in [2.24, 2.45) is 0 Å². The van der Waals surface area contributed by atoms with E-state index in [1.807, 2.05) is 12.1 Å². The number of methoxy groups -OCH3 is 3. The molecule has 0 amide bonds. The highest BCUT2D eigenvalue weighted by Crippen LogP contribution is 2.35. The number of hydrogen-bond donors (Lipinski definition) is 0. The van der Waals surface area contributed by atoms with Crippen molar-refractivity contribution in [1.29, 1.82) is 0 Å². The van der Waals surface area contributed by atoms with E-state index in [9.17, 15) is 0 Å². The zero-order valence-corrected chi connectivity index (χ0v) is 12.6. The maximum absolute atomic E-state index is 5.45. The first-order valence-corrected chi connectivity index (χ1v) is 7.05. The van der Waals surface area contributed by atoms with Crippen LogP contribution in [0.2, 0.25) is 0 Å². The fraction of sp³-hybridized carbons (Fsp3) is 0.625. The molecule has 3 heteroatoms. The molecule has 1 aromatic rings. The molecule has 0 N–H and O–H groups in total. The number of ether oxygens (including phenoxy) is 3. The number of hydrogen-bond acceptors (Lipinski definition) is 3. The summed E-state index contributed by atoms with van der Waals surface area (Å²) in [6.45, 7) is 2.23. The third kappa shape index (κ3) is 4.66. The second-order valence-corrected chi connectivity index (χ2v) is 4.67. The summed E-state index contributed by atoms with van der Waals surface area (Å²) in [7, 11) is 5.03. The van der Waals surface area contributed by atoms with E-state index in [2.05, 4.69) is 6.92 Å². The Kier molecular flexibility index (Phi) is 7.16. The molecule has 0 radical (unpaired) electrons. The minimum Gasteiger partial charge on any atom is -0.496 e. The molecule has 1 aromatic carbocycles. The lowest BCUT2D eigenvalue weighted by atomic mass is 10.0. The predicted octanol–water partition coefficient (Wildman–Crippen LogP) is 4.23. The van der Waals surface area contributed by atoms with E-state index in [1.165, 1.54) is 32.1 Å². The topological polar surface area (TPSA) is 27.7 Å². The van der Waals surface area contributed by atoms with Crippen molar-refractivity contribution < 1.29 is 14.2 Å². The molecule has 0 aliphatic carbocycles. The number of rotatable bonds is 9. The van der Waals surface area contributed by atoms with Crippen LogP contribution in [-0.2, 0) is 6.42 Å². The highest BCUT2D eigenvalue weighted by Gasteiger charge is 2.12. The SMILES string of the molecule is CCCCCCCc1c(OC)cc(OC)cc1OC. The summed E-state index contributed by atoms with van der Waals surface area (Å²) in [5.74, 6) is 2.47. The molecule has 0 aromatic heterocycles. The van der Waals surface area contributed by atoms with Gasteiger partial charge in [-0.2, -0.15) is 0 Å². The molecule has 19 heavy (non-hydrogen) atoms. The van der Waals surface area contributed by atoms with Gasteiger partial charge in [0.25, 0.3) is 0 Å². The molecule has 0 bridgehead atoms. The standard InChI is InChI=1S/C16H26O3/c1-5-6-7-8-9-10-14-15(18-3)11-13(17-2)12-16(14)19-4/h11-12H,5-10H2,1-4H3. The van der Waals surface area contributed by atoms with Crippen LogP contribution in [0.1, 0.15) is 44.6 Å². The quantitative estimate of drug-likeness (QED) is 0.626. The molecule has 0 atom stereocenters. The summed E-state index contributed by atoms with van der Waals surface area (Å²) < 4.78 is 16.1. The minimum atomic E-state index is 0.767. The van der Waals surface area contributed by atoms with Gasteiger partial charge in [-0.05, 0) is 12.8 Å². The Morgan fingerprint density at radius 1 is 0.789 bits per heavy atom. The third-order valence-electron chi connectivity index (χ3n) is 3.35. The first-order chi connectivity index (χ1) is 9.26. The van der Waals surface area contributed by atoms with Crippen LogP contribution in [0.3, 0.4) is 0 Å². The molecular formula is C16H26O3. The molecule has 0 heterocycles. The van der Waals surface area contributed by atoms with Crippen molar-refractivity contribution in [2.75, 3.05) is 21.3 Å². The Labute approximate surface area is 116 Å². The van der Waals surface area contributed by atoms with Gasteiger partial charge in [0.05, 0.1) is 21.3 Å². The average molecular weight is 266 g/mol. The van der Waals surface area contributed by atoms with Gasteiger partial charge in [0.1, 0.15) is 17.2 Å². The van der Waals surface area contributed by atoms with Crippen molar-refractivity contribution >= 4 is 0 Å². The van der Waals surface area contributed by atoms with Crippen LogP contribution in [0.15, 0.2) is 12.1 Å². The van der Waals surface area contributed by atoms with E-state index in [-0.39, 0.29) is 0 Å². The van der Waals surface area contributed by atoms with Gasteiger partial charge in [-0.25, -0.2) is 0 Å². The van der Waals surface area contributed by atoms with Gasteiger partial charge in [-0.3, -0.25) is 0 Å². The van der Waals surface area contributed by atoms with Crippen molar-refractivity contribution in [3.8, 4) is 17.2 Å². The van der Waals surface area contributed by atoms with Gasteiger partial charge in [-0.15, -0.1) is 0 Å². The summed E-state index contributed by atoms with van der Waals surface area (Å²) >= 11 is 0. The lowest BCUT2D eigenvalue weighted by Crippen LogP contribution is -1.98. The predicted molar refractivity (Wildman–Crippen MR) is 78.6 cm³/mol. The van der Waals surface area contributed by atoms with Crippen molar-refractivity contribution in [3.63, 3.8) is 0 Å². The Morgan fingerprint density at radius 3 is 1.84 bits per heavy atom. The van der Waals surface area contributed by atoms with Crippen molar-refractivity contribution in [2.45, 2.75) is 45.4 Å². The van der Waals surface area contributed by atoms with Crippen molar-refractivity contribution in [3.05, 3.63) is 17.7 Å². The van der Waals surface area contributed by atoms with Crippen LogP contribution >= 0.6 is 0 Å². The minimum absolute atomic E-state index is 0.767. The van der Waals surface area contributed by atoms with Crippen LogP contribution in [0.5, 0.6) is 17.2 Å². The maximum Gasteiger partial charge on any atom is 0.129 e. The molecule has 1 rings (SSSR count). The zero-order chi connectivity index (χ0) is 14.1. The zero-order valence-electron chi connectivity index (χ0n) is 12.6. The summed E-state index contributed by atoms with van der Waals surface area (Å²) in [6, 6.07) is 3.84. The first kappa shape index (κ1) is 15.7. The van der Waals surface area contributed by atoms with Gasteiger partial charge in [0.15, 0.2) is 0 Å². The normalized spacial score (nSPS) is 10.3. The largest absolute Gasteiger partial charge is 0.496 e. The molecule has 108 valence electrons. The molecule has 3 nitrogen and oxygen atoms in total. The smallest absolute Gasteiger partial charge is 0.129 e. The van der Waals surface area contributed by atoms with Gasteiger partial charge in [-0.1, -0.05) is 32.6 Å². The van der Waals surface area contributed by atoms with Crippen LogP contribution < -0.4 is 14.2 Å². The molecule has 0 spiro atoms. The first-order valence-electron chi connectivity index (χ1n) is 7.05. The van der Waals surface area contributed by atoms with E-state index in [1.54, 1.807) is 21.3 Å². The molecule has 0 fully saturated rings. The Hall–Kier alpha value is -1.38. The van der Waals surface area contributed by atoms with Crippen LogP contribution in [0.25, 0.3) is 0 Å². The van der Waals surface area contributed by atoms with E-state index in [0.29, 0.717) is 0 Å². The Morgan fingerprint density at radius 2 is 1.37 bits per heavy atom. The van der Waals surface area contributed by atoms with E-state index >= 15 is 0 Å². The lowest BCUT2D eigenvalue weighted by Gasteiger charge is -2.15. The fourth-order valence-corrected chi connectivity index (χ4v) is 2.23. The number of benzene rings is 1. The Balaban J connectivity index is 2.73. The highest BCUT2D eigenvalue weighted by molar-refractivity contribution is 5.50. The lowest BCUT2D eigenvalue weighted by molar-refractivity contribution is 0.367. The highest BCUT2D eigenvalue weighted by atomic mass is 16.5. The van der Waals surface area contributed by atoms with Gasteiger partial charge in [0, 0.05) is 17.7 Å². The van der Waals surface area contributed by atoms with Crippen LogP contribution in [0, 0.1) is 0 Å². The summed E-state index contributed by atoms with van der Waals surface area (Å²) in [6.07, 6.45) is 7.30. The maximum atomic E-state index is 5.45. The molecule has 0 aliphatic heterocycles. The number of unbranched alkanes of at least 4 members (excludes halogenated alkanes) is 4. The molecule has 0 unspecified atom stereocenters. The van der Waals surface area contributed by atoms with Gasteiger partial charge < -0.3 is 14.2 Å². The van der Waals surface area contributed by atoms with Crippen LogP contribution in [-0.4, -0.2) is 21.3 Å². The van der Waals surface area contributed by atoms with Crippen molar-refractivity contribution in [1.82, 2.24) is 0 Å². The summed E-state index contributed by atoms with van der Waals surface area (Å²) in [5, 5.41) is 0. The molecule has 0 aliphatic rings. The Bertz CT molecular complexity index is 349. The van der Waals surface area contributed by atoms with Gasteiger partial charge in [0.2, 0.25) is 0 Å².